The van der Waals surface area contributed by atoms with Gasteiger partial charge in [-0.15, -0.1) is 0 Å². The second-order valence-corrected chi connectivity index (χ2v) is 11.9. The fraction of sp³-hybridized carbons (Fsp3) is 0.500. The van der Waals surface area contributed by atoms with Crippen molar-refractivity contribution >= 4 is 39.2 Å². The molecule has 0 unspecified atom stereocenters. The van der Waals surface area contributed by atoms with E-state index in [-0.39, 0.29) is 42.7 Å². The van der Waals surface area contributed by atoms with Crippen molar-refractivity contribution in [1.82, 2.24) is 9.88 Å². The number of ether oxygens (including phenoxy) is 1. The number of carbonyl (C=O) groups excluding carboxylic acids is 2. The van der Waals surface area contributed by atoms with Crippen LogP contribution in [0.15, 0.2) is 30.5 Å². The number of hydrogen-bond acceptors (Lipinski definition) is 8. The average Bonchev–Trinajstić information content (AvgIpc) is 3.48. The Morgan fingerprint density at radius 2 is 1.92 bits per heavy atom. The van der Waals surface area contributed by atoms with Crippen LogP contribution in [0.4, 0.5) is 22.0 Å². The van der Waals surface area contributed by atoms with Crippen LogP contribution in [0.2, 0.25) is 0 Å². The molecular formula is C26H33N5O6S. The van der Waals surface area contributed by atoms with Crippen LogP contribution in [0.1, 0.15) is 34.8 Å². The summed E-state index contributed by atoms with van der Waals surface area (Å²) < 4.78 is 32.0. The predicted octanol–water partition coefficient (Wildman–Crippen LogP) is 1.77. The average molecular weight is 544 g/mol. The Bertz CT molecular complexity index is 1340. The lowest BCUT2D eigenvalue weighted by Gasteiger charge is -2.36. The number of nitrogens with zero attached hydrogens (tertiary/aromatic N) is 5. The molecule has 0 spiro atoms. The van der Waals surface area contributed by atoms with E-state index in [1.54, 1.807) is 23.1 Å². The molecule has 3 aliphatic heterocycles. The highest BCUT2D eigenvalue weighted by Gasteiger charge is 2.37. The van der Waals surface area contributed by atoms with Crippen molar-refractivity contribution in [3.63, 3.8) is 0 Å². The van der Waals surface area contributed by atoms with E-state index < -0.39 is 22.2 Å². The van der Waals surface area contributed by atoms with Crippen molar-refractivity contribution in [2.75, 3.05) is 65.8 Å². The zero-order chi connectivity index (χ0) is 27.0. The number of amides is 2. The summed E-state index contributed by atoms with van der Waals surface area (Å²) in [5.74, 6) is 0.651. The van der Waals surface area contributed by atoms with Crippen molar-refractivity contribution in [3.8, 4) is 0 Å². The topological polar surface area (TPSA) is 124 Å². The molecule has 0 saturated carbocycles. The van der Waals surface area contributed by atoms with E-state index in [4.69, 9.17) is 4.74 Å². The molecule has 5 rings (SSSR count). The van der Waals surface area contributed by atoms with Gasteiger partial charge in [-0.3, -0.25) is 14.0 Å². The van der Waals surface area contributed by atoms with Crippen molar-refractivity contribution in [3.05, 3.63) is 47.2 Å². The van der Waals surface area contributed by atoms with Crippen molar-refractivity contribution < 1.29 is 27.9 Å². The van der Waals surface area contributed by atoms with Crippen molar-refractivity contribution in [2.45, 2.75) is 32.7 Å². The second-order valence-electron chi connectivity index (χ2n) is 9.84. The molecule has 3 saturated heterocycles. The summed E-state index contributed by atoms with van der Waals surface area (Å²) in [4.78, 5) is 35.9. The number of aliphatic hydroxyl groups is 1. The maximum atomic E-state index is 13.7. The van der Waals surface area contributed by atoms with Crippen LogP contribution in [0.5, 0.6) is 0 Å². The van der Waals surface area contributed by atoms with Crippen LogP contribution in [-0.4, -0.2) is 93.1 Å². The summed E-state index contributed by atoms with van der Waals surface area (Å²) in [6.45, 7) is 6.28. The lowest BCUT2D eigenvalue weighted by molar-refractivity contribution is 0.0747. The Balaban J connectivity index is 1.41. The van der Waals surface area contributed by atoms with E-state index in [1.165, 1.54) is 14.8 Å². The summed E-state index contributed by atoms with van der Waals surface area (Å²) in [6.07, 6.45) is 2.64. The summed E-state index contributed by atoms with van der Waals surface area (Å²) in [7, 11) is -3.59. The third-order valence-electron chi connectivity index (χ3n) is 7.41. The summed E-state index contributed by atoms with van der Waals surface area (Å²) >= 11 is 0. The number of carbonyl (C=O) groups is 2. The van der Waals surface area contributed by atoms with Gasteiger partial charge in [0.1, 0.15) is 12.4 Å². The summed E-state index contributed by atoms with van der Waals surface area (Å²) in [5, 5.41) is 9.69. The van der Waals surface area contributed by atoms with E-state index in [2.05, 4.69) is 22.9 Å². The number of anilines is 3. The van der Waals surface area contributed by atoms with Crippen LogP contribution >= 0.6 is 0 Å². The first-order chi connectivity index (χ1) is 18.2. The Labute approximate surface area is 222 Å². The molecule has 3 aliphatic rings. The largest absolute Gasteiger partial charge is 0.447 e. The molecule has 2 aromatic rings. The van der Waals surface area contributed by atoms with Crippen LogP contribution in [0, 0.1) is 6.92 Å². The van der Waals surface area contributed by atoms with Gasteiger partial charge in [0.15, 0.2) is 0 Å². The minimum atomic E-state index is -3.59. The van der Waals surface area contributed by atoms with E-state index in [0.717, 1.165) is 17.8 Å². The molecule has 0 aliphatic carbocycles. The molecule has 38 heavy (non-hydrogen) atoms. The number of rotatable bonds is 6. The van der Waals surface area contributed by atoms with Crippen LogP contribution in [-0.2, 0) is 21.2 Å². The zero-order valence-corrected chi connectivity index (χ0v) is 22.5. The number of benzene rings is 1. The molecule has 0 bridgehead atoms. The van der Waals surface area contributed by atoms with Gasteiger partial charge in [-0.05, 0) is 49.1 Å². The smallest absolute Gasteiger partial charge is 0.414 e. The Hall–Kier alpha value is -3.38. The third-order valence-corrected chi connectivity index (χ3v) is 9.27. The van der Waals surface area contributed by atoms with E-state index in [1.807, 2.05) is 13.1 Å². The fourth-order valence-electron chi connectivity index (χ4n) is 5.32. The number of hydrogen-bond donors (Lipinski definition) is 1. The van der Waals surface area contributed by atoms with E-state index in [0.29, 0.717) is 38.3 Å². The number of pyridine rings is 1. The molecule has 1 atom stereocenters. The van der Waals surface area contributed by atoms with Crippen LogP contribution < -0.4 is 14.1 Å². The van der Waals surface area contributed by atoms with Gasteiger partial charge in [-0.2, -0.15) is 0 Å². The molecule has 1 N–H and O–H groups in total. The Morgan fingerprint density at radius 1 is 1.16 bits per heavy atom. The highest BCUT2D eigenvalue weighted by molar-refractivity contribution is 7.93. The van der Waals surface area contributed by atoms with Gasteiger partial charge in [0, 0.05) is 44.6 Å². The van der Waals surface area contributed by atoms with Gasteiger partial charge in [0.2, 0.25) is 10.0 Å². The van der Waals surface area contributed by atoms with Crippen molar-refractivity contribution in [1.29, 1.82) is 0 Å². The highest BCUT2D eigenvalue weighted by Crippen LogP contribution is 2.35. The summed E-state index contributed by atoms with van der Waals surface area (Å²) in [6, 6.07) is 6.28. The normalized spacial score (nSPS) is 21.2. The molecular weight excluding hydrogens is 510 g/mol. The quantitative estimate of drug-likeness (QED) is 0.585. The predicted molar refractivity (Wildman–Crippen MR) is 143 cm³/mol. The molecule has 11 nitrogen and oxygen atoms in total. The molecule has 12 heteroatoms. The lowest BCUT2D eigenvalue weighted by atomic mass is 10.1. The van der Waals surface area contributed by atoms with Crippen LogP contribution in [0.25, 0.3) is 0 Å². The number of aryl methyl sites for hydroxylation is 2. The van der Waals surface area contributed by atoms with Gasteiger partial charge in [-0.25, -0.2) is 18.2 Å². The lowest BCUT2D eigenvalue weighted by Crippen LogP contribution is -2.49. The first-order valence-corrected chi connectivity index (χ1v) is 14.6. The zero-order valence-electron chi connectivity index (χ0n) is 21.7. The monoisotopic (exact) mass is 543 g/mol. The van der Waals surface area contributed by atoms with E-state index in [9.17, 15) is 23.1 Å². The SMILES string of the molecule is CCc1cnc(N2CCN(C(=O)c3ccc(N4C(=O)OC[C@H]4CO)cc3N3CCCS3(=O)=O)CC2)c(C)c1. The van der Waals surface area contributed by atoms with Gasteiger partial charge in [0.25, 0.3) is 5.91 Å². The number of aliphatic hydroxyl groups excluding tert-OH is 1. The number of sulfonamides is 1. The highest BCUT2D eigenvalue weighted by atomic mass is 32.2. The molecule has 1 aromatic carbocycles. The van der Waals surface area contributed by atoms with Gasteiger partial charge in [-0.1, -0.05) is 13.0 Å². The third kappa shape index (κ3) is 4.78. The first-order valence-electron chi connectivity index (χ1n) is 12.9. The molecule has 204 valence electrons. The molecule has 3 fully saturated rings. The van der Waals surface area contributed by atoms with Crippen LogP contribution in [0.3, 0.4) is 0 Å². The fourth-order valence-corrected chi connectivity index (χ4v) is 6.89. The van der Waals surface area contributed by atoms with E-state index >= 15 is 0 Å². The standard InChI is InChI=1S/C26H33N5O6S/c1-3-19-13-18(2)24(27-15-19)28-8-10-29(11-9-28)25(33)22-6-5-20(31-21(16-32)17-37-26(31)34)14-23(22)30-7-4-12-38(30,35)36/h5-6,13-15,21,32H,3-4,7-12,16-17H2,1-2H3/t21-/m1/s1. The molecule has 0 radical (unpaired) electrons. The molecule has 2 amide bonds. The second kappa shape index (κ2) is 10.4. The van der Waals surface area contributed by atoms with Gasteiger partial charge >= 0.3 is 6.09 Å². The number of piperazine rings is 1. The Morgan fingerprint density at radius 3 is 2.55 bits per heavy atom. The molecule has 1 aromatic heterocycles. The maximum absolute atomic E-state index is 13.7. The van der Waals surface area contributed by atoms with Gasteiger partial charge in [0.05, 0.1) is 29.7 Å². The maximum Gasteiger partial charge on any atom is 0.414 e. The number of aromatic nitrogens is 1. The minimum absolute atomic E-state index is 0.00226. The number of cyclic esters (lactones) is 1. The molecule has 4 heterocycles. The minimum Gasteiger partial charge on any atom is -0.447 e. The first kappa shape index (κ1) is 26.2. The summed E-state index contributed by atoms with van der Waals surface area (Å²) in [5.41, 5.74) is 3.17. The Kier molecular flexibility index (Phi) is 7.19. The van der Waals surface area contributed by atoms with Crippen molar-refractivity contribution in [2.24, 2.45) is 0 Å². The van der Waals surface area contributed by atoms with Gasteiger partial charge < -0.3 is 19.6 Å².